The first-order chi connectivity index (χ1) is 10.0. The number of ether oxygens (including phenoxy) is 1. The lowest BCUT2D eigenvalue weighted by Crippen LogP contribution is -2.47. The van der Waals surface area contributed by atoms with Crippen LogP contribution < -0.4 is 0 Å². The molecule has 3 nitrogen and oxygen atoms in total. The monoisotopic (exact) mass is 355 g/mol. The summed E-state index contributed by atoms with van der Waals surface area (Å²) in [6.07, 6.45) is 1.25. The van der Waals surface area contributed by atoms with Crippen LogP contribution in [0.4, 0.5) is 0 Å². The Morgan fingerprint density at radius 1 is 1.24 bits per heavy atom. The van der Waals surface area contributed by atoms with Gasteiger partial charge in [0.25, 0.3) is 0 Å². The highest BCUT2D eigenvalue weighted by molar-refractivity contribution is 9.10. The molecule has 0 heterocycles. The van der Waals surface area contributed by atoms with E-state index < -0.39 is 0 Å². The van der Waals surface area contributed by atoms with Gasteiger partial charge in [0.2, 0.25) is 0 Å². The van der Waals surface area contributed by atoms with Crippen LogP contribution >= 0.6 is 15.9 Å². The molecule has 0 spiro atoms. The molecule has 1 unspecified atom stereocenters. The molecule has 0 aliphatic rings. The summed E-state index contributed by atoms with van der Waals surface area (Å²) in [4.78, 5) is 14.5. The lowest BCUT2D eigenvalue weighted by Gasteiger charge is -2.43. The van der Waals surface area contributed by atoms with Gasteiger partial charge >= 0.3 is 5.97 Å². The standard InChI is InChI=1S/C17H26BrNO2/c1-5-17(19(6-2)7-3,13-16(20)21-8-4)14-10-9-11-15(18)12-14/h9-12H,5-8,13H2,1-4H3. The van der Waals surface area contributed by atoms with Crippen molar-refractivity contribution in [1.29, 1.82) is 0 Å². The van der Waals surface area contributed by atoms with E-state index in [2.05, 4.69) is 53.7 Å². The van der Waals surface area contributed by atoms with Gasteiger partial charge in [-0.15, -0.1) is 0 Å². The van der Waals surface area contributed by atoms with Crippen molar-refractivity contribution in [3.05, 3.63) is 34.3 Å². The van der Waals surface area contributed by atoms with Crippen LogP contribution in [0.25, 0.3) is 0 Å². The minimum Gasteiger partial charge on any atom is -0.466 e. The van der Waals surface area contributed by atoms with Crippen molar-refractivity contribution in [3.8, 4) is 0 Å². The van der Waals surface area contributed by atoms with Gasteiger partial charge in [-0.25, -0.2) is 0 Å². The van der Waals surface area contributed by atoms with Gasteiger partial charge in [0.1, 0.15) is 0 Å². The third-order valence-electron chi connectivity index (χ3n) is 4.06. The maximum absolute atomic E-state index is 12.2. The van der Waals surface area contributed by atoms with Crippen molar-refractivity contribution in [2.45, 2.75) is 46.1 Å². The van der Waals surface area contributed by atoms with Gasteiger partial charge in [0.05, 0.1) is 18.6 Å². The Hall–Kier alpha value is -0.870. The van der Waals surface area contributed by atoms with Crippen LogP contribution in [0.2, 0.25) is 0 Å². The smallest absolute Gasteiger partial charge is 0.308 e. The van der Waals surface area contributed by atoms with Crippen molar-refractivity contribution in [2.75, 3.05) is 19.7 Å². The molecule has 0 amide bonds. The van der Waals surface area contributed by atoms with Crippen LogP contribution in [-0.2, 0) is 15.1 Å². The second kappa shape index (κ2) is 8.54. The van der Waals surface area contributed by atoms with E-state index >= 15 is 0 Å². The minimum absolute atomic E-state index is 0.133. The topological polar surface area (TPSA) is 29.5 Å². The highest BCUT2D eigenvalue weighted by Crippen LogP contribution is 2.37. The highest BCUT2D eigenvalue weighted by atomic mass is 79.9. The van der Waals surface area contributed by atoms with E-state index in [4.69, 9.17) is 4.74 Å². The first-order valence-electron chi connectivity index (χ1n) is 7.70. The lowest BCUT2D eigenvalue weighted by molar-refractivity contribution is -0.147. The van der Waals surface area contributed by atoms with Crippen molar-refractivity contribution in [3.63, 3.8) is 0 Å². The predicted octanol–water partition coefficient (Wildman–Crippen LogP) is 4.35. The Labute approximate surface area is 136 Å². The molecule has 118 valence electrons. The lowest BCUT2D eigenvalue weighted by atomic mass is 9.82. The Morgan fingerprint density at radius 2 is 1.90 bits per heavy atom. The summed E-state index contributed by atoms with van der Waals surface area (Å²) in [5, 5.41) is 0. The van der Waals surface area contributed by atoms with Crippen LogP contribution in [0.5, 0.6) is 0 Å². The molecular weight excluding hydrogens is 330 g/mol. The van der Waals surface area contributed by atoms with E-state index in [0.29, 0.717) is 13.0 Å². The SMILES string of the molecule is CCOC(=O)CC(CC)(c1cccc(Br)c1)N(CC)CC. The molecule has 0 N–H and O–H groups in total. The summed E-state index contributed by atoms with van der Waals surface area (Å²) in [6, 6.07) is 8.25. The van der Waals surface area contributed by atoms with E-state index in [1.165, 1.54) is 0 Å². The molecule has 1 aromatic carbocycles. The number of benzene rings is 1. The highest BCUT2D eigenvalue weighted by Gasteiger charge is 2.38. The summed E-state index contributed by atoms with van der Waals surface area (Å²) in [6.45, 7) is 10.5. The van der Waals surface area contributed by atoms with Crippen LogP contribution in [0.1, 0.15) is 46.1 Å². The van der Waals surface area contributed by atoms with E-state index in [9.17, 15) is 4.79 Å². The number of halogens is 1. The van der Waals surface area contributed by atoms with Crippen molar-refractivity contribution >= 4 is 21.9 Å². The fourth-order valence-electron chi connectivity index (χ4n) is 3.01. The molecule has 1 rings (SSSR count). The fourth-order valence-corrected chi connectivity index (χ4v) is 3.41. The van der Waals surface area contributed by atoms with Gasteiger partial charge in [0.15, 0.2) is 0 Å². The first-order valence-corrected chi connectivity index (χ1v) is 8.50. The van der Waals surface area contributed by atoms with Crippen LogP contribution in [0.15, 0.2) is 28.7 Å². The Balaban J connectivity index is 3.28. The molecule has 21 heavy (non-hydrogen) atoms. The molecule has 0 saturated carbocycles. The molecule has 0 radical (unpaired) electrons. The number of nitrogens with zero attached hydrogens (tertiary/aromatic N) is 1. The number of rotatable bonds is 8. The maximum atomic E-state index is 12.2. The predicted molar refractivity (Wildman–Crippen MR) is 90.3 cm³/mol. The summed E-state index contributed by atoms with van der Waals surface area (Å²) >= 11 is 3.54. The van der Waals surface area contributed by atoms with Crippen molar-refractivity contribution in [1.82, 2.24) is 4.90 Å². The Morgan fingerprint density at radius 3 is 2.38 bits per heavy atom. The number of hydrogen-bond acceptors (Lipinski definition) is 3. The summed E-state index contributed by atoms with van der Waals surface area (Å²) in [5.41, 5.74) is 0.857. The molecule has 0 fully saturated rings. The average Bonchev–Trinajstić information content (AvgIpc) is 2.47. The van der Waals surface area contributed by atoms with Crippen LogP contribution in [0.3, 0.4) is 0 Å². The molecule has 1 aromatic rings. The molecule has 1 atom stereocenters. The molecule has 0 aliphatic carbocycles. The quantitative estimate of drug-likeness (QED) is 0.649. The zero-order valence-corrected chi connectivity index (χ0v) is 15.1. The Kier molecular flexibility index (Phi) is 7.40. The van der Waals surface area contributed by atoms with Gasteiger partial charge in [-0.1, -0.05) is 48.8 Å². The summed E-state index contributed by atoms with van der Waals surface area (Å²) in [7, 11) is 0. The van der Waals surface area contributed by atoms with Gasteiger partial charge in [0, 0.05) is 4.47 Å². The van der Waals surface area contributed by atoms with E-state index in [1.807, 2.05) is 19.1 Å². The minimum atomic E-state index is -0.306. The largest absolute Gasteiger partial charge is 0.466 e. The molecule has 0 aliphatic heterocycles. The maximum Gasteiger partial charge on any atom is 0.308 e. The van der Waals surface area contributed by atoms with E-state index in [1.54, 1.807) is 0 Å². The zero-order valence-electron chi connectivity index (χ0n) is 13.5. The molecule has 0 saturated heterocycles. The van der Waals surface area contributed by atoms with Gasteiger partial charge < -0.3 is 4.74 Å². The van der Waals surface area contributed by atoms with Crippen LogP contribution in [0, 0.1) is 0 Å². The van der Waals surface area contributed by atoms with Crippen molar-refractivity contribution in [2.24, 2.45) is 0 Å². The van der Waals surface area contributed by atoms with E-state index in [-0.39, 0.29) is 11.5 Å². The number of esters is 1. The molecule has 4 heteroatoms. The molecular formula is C17H26BrNO2. The van der Waals surface area contributed by atoms with E-state index in [0.717, 1.165) is 29.5 Å². The van der Waals surface area contributed by atoms with Crippen molar-refractivity contribution < 1.29 is 9.53 Å². The number of hydrogen-bond donors (Lipinski definition) is 0. The summed E-state index contributed by atoms with van der Waals surface area (Å²) < 4.78 is 6.25. The third-order valence-corrected chi connectivity index (χ3v) is 4.55. The number of carbonyl (C=O) groups is 1. The van der Waals surface area contributed by atoms with Gasteiger partial charge in [-0.3, -0.25) is 9.69 Å². The summed E-state index contributed by atoms with van der Waals surface area (Å²) in [5.74, 6) is -0.133. The average molecular weight is 356 g/mol. The molecule has 0 aromatic heterocycles. The van der Waals surface area contributed by atoms with Gasteiger partial charge in [-0.05, 0) is 44.1 Å². The normalized spacial score (nSPS) is 14.0. The first kappa shape index (κ1) is 18.2. The fraction of sp³-hybridized carbons (Fsp3) is 0.588. The Bertz CT molecular complexity index is 460. The second-order valence-corrected chi connectivity index (χ2v) is 5.97. The zero-order chi connectivity index (χ0) is 15.9. The molecule has 0 bridgehead atoms. The van der Waals surface area contributed by atoms with Gasteiger partial charge in [-0.2, -0.15) is 0 Å². The third kappa shape index (κ3) is 4.30. The number of carbonyl (C=O) groups excluding carboxylic acids is 1. The second-order valence-electron chi connectivity index (χ2n) is 5.05. The van der Waals surface area contributed by atoms with Crippen LogP contribution in [-0.4, -0.2) is 30.6 Å².